The summed E-state index contributed by atoms with van der Waals surface area (Å²) in [4.78, 5) is -2.10. The predicted octanol–water partition coefficient (Wildman–Crippen LogP) is 6.18. The van der Waals surface area contributed by atoms with Crippen LogP contribution >= 0.6 is 0 Å². The first-order chi connectivity index (χ1) is 13.7. The first-order valence-corrected chi connectivity index (χ1v) is 10.8. The molecule has 0 aliphatic carbocycles. The monoisotopic (exact) mass is 448 g/mol. The van der Waals surface area contributed by atoms with Gasteiger partial charge < -0.3 is 4.74 Å². The summed E-state index contributed by atoms with van der Waals surface area (Å²) in [6.07, 6.45) is -1.01. The van der Waals surface area contributed by atoms with Gasteiger partial charge in [-0.25, -0.2) is 8.78 Å². The normalized spacial score (nSPS) is 13.2. The largest absolute Gasteiger partial charge is 0.480 e. The van der Waals surface area contributed by atoms with Gasteiger partial charge in [0, 0.05) is 0 Å². The third-order valence-corrected chi connectivity index (χ3v) is 5.65. The number of hydrogen-bond donors (Lipinski definition) is 1. The van der Waals surface area contributed by atoms with E-state index < -0.39 is 50.1 Å². The van der Waals surface area contributed by atoms with Gasteiger partial charge in [0.15, 0.2) is 22.3 Å². The van der Waals surface area contributed by atoms with Crippen molar-refractivity contribution in [2.24, 2.45) is 0 Å². The van der Waals surface area contributed by atoms with Gasteiger partial charge in [-0.05, 0) is 42.4 Å². The van der Waals surface area contributed by atoms with E-state index in [0.29, 0.717) is 5.56 Å². The Hall–Kier alpha value is -2.13. The average Bonchev–Trinajstić information content (AvgIpc) is 2.61. The second-order valence-electron chi connectivity index (χ2n) is 7.82. The van der Waals surface area contributed by atoms with E-state index in [-0.39, 0.29) is 11.8 Å². The van der Waals surface area contributed by atoms with E-state index in [1.165, 1.54) is 6.92 Å². The van der Waals surface area contributed by atoms with E-state index in [4.69, 9.17) is 9.29 Å². The molecule has 2 rings (SSSR count). The lowest BCUT2D eigenvalue weighted by molar-refractivity contribution is 0.194. The summed E-state index contributed by atoms with van der Waals surface area (Å²) in [6, 6.07) is 3.81. The van der Waals surface area contributed by atoms with Crippen LogP contribution in [0.5, 0.6) is 5.75 Å². The third-order valence-electron chi connectivity index (χ3n) is 4.77. The van der Waals surface area contributed by atoms with E-state index in [2.05, 4.69) is 0 Å². The Morgan fingerprint density at radius 1 is 0.833 bits per heavy atom. The fourth-order valence-electron chi connectivity index (χ4n) is 3.44. The van der Waals surface area contributed by atoms with Crippen molar-refractivity contribution in [2.75, 3.05) is 0 Å². The number of rotatable bonds is 6. The fraction of sp³-hybridized carbons (Fsp3) is 0.429. The van der Waals surface area contributed by atoms with E-state index in [1.807, 2.05) is 46.8 Å². The zero-order valence-electron chi connectivity index (χ0n) is 17.5. The molecule has 9 heteroatoms. The maximum absolute atomic E-state index is 14.4. The molecule has 0 fully saturated rings. The van der Waals surface area contributed by atoms with Gasteiger partial charge in [0.2, 0.25) is 11.6 Å². The zero-order chi connectivity index (χ0) is 23.1. The van der Waals surface area contributed by atoms with Gasteiger partial charge in [-0.1, -0.05) is 45.4 Å². The quantitative estimate of drug-likeness (QED) is 0.325. The molecule has 2 aromatic carbocycles. The molecule has 0 aliphatic heterocycles. The second kappa shape index (κ2) is 8.55. The Balaban J connectivity index is 2.69. The lowest BCUT2D eigenvalue weighted by Crippen LogP contribution is -2.16. The van der Waals surface area contributed by atoms with Crippen molar-refractivity contribution < 1.29 is 35.3 Å². The van der Waals surface area contributed by atoms with E-state index in [9.17, 15) is 26.0 Å². The maximum atomic E-state index is 14.4. The Morgan fingerprint density at radius 2 is 1.23 bits per heavy atom. The maximum Gasteiger partial charge on any atom is 0.300 e. The van der Waals surface area contributed by atoms with Crippen LogP contribution in [0, 0.1) is 30.2 Å². The Labute approximate surface area is 173 Å². The van der Waals surface area contributed by atoms with E-state index in [0.717, 1.165) is 16.7 Å². The number of ether oxygens (including phenoxy) is 1. The lowest BCUT2D eigenvalue weighted by atomic mass is 9.84. The van der Waals surface area contributed by atoms with Crippen molar-refractivity contribution in [3.05, 3.63) is 57.7 Å². The van der Waals surface area contributed by atoms with Crippen LogP contribution in [-0.2, 0) is 10.1 Å². The highest BCUT2D eigenvalue weighted by Gasteiger charge is 2.34. The molecule has 30 heavy (non-hydrogen) atoms. The van der Waals surface area contributed by atoms with Crippen LogP contribution in [0.4, 0.5) is 17.6 Å². The number of hydrogen-bond acceptors (Lipinski definition) is 3. The highest BCUT2D eigenvalue weighted by molar-refractivity contribution is 7.85. The van der Waals surface area contributed by atoms with Crippen LogP contribution in [0.25, 0.3) is 0 Å². The fourth-order valence-corrected chi connectivity index (χ4v) is 4.07. The molecule has 1 atom stereocenters. The summed E-state index contributed by atoms with van der Waals surface area (Å²) in [5.41, 5.74) is 3.31. The van der Waals surface area contributed by atoms with Crippen LogP contribution in [0.3, 0.4) is 0 Å². The van der Waals surface area contributed by atoms with Gasteiger partial charge in [-0.2, -0.15) is 17.2 Å². The average molecular weight is 448 g/mol. The molecule has 0 aromatic heterocycles. The zero-order valence-corrected chi connectivity index (χ0v) is 18.3. The lowest BCUT2D eigenvalue weighted by Gasteiger charge is -2.26. The Kier molecular flexibility index (Phi) is 6.88. The molecule has 0 amide bonds. The SMILES string of the molecule is Cc1cc(C(C)C)c([C@@H](C)Oc2c(F)c(F)c(S(=O)(=O)O)c(F)c2F)c(C(C)C)c1. The van der Waals surface area contributed by atoms with Gasteiger partial charge in [-0.3, -0.25) is 4.55 Å². The van der Waals surface area contributed by atoms with Crippen LogP contribution in [0.2, 0.25) is 0 Å². The molecule has 0 unspecified atom stereocenters. The highest BCUT2D eigenvalue weighted by Crippen LogP contribution is 2.39. The van der Waals surface area contributed by atoms with Crippen molar-refractivity contribution in [1.29, 1.82) is 0 Å². The molecule has 0 saturated heterocycles. The minimum absolute atomic E-state index is 0.0218. The van der Waals surface area contributed by atoms with Crippen molar-refractivity contribution in [3.63, 3.8) is 0 Å². The van der Waals surface area contributed by atoms with Crippen LogP contribution in [0.1, 0.15) is 74.8 Å². The first-order valence-electron chi connectivity index (χ1n) is 9.32. The minimum atomic E-state index is -5.53. The molecular weight excluding hydrogens is 424 g/mol. The molecule has 4 nitrogen and oxygen atoms in total. The van der Waals surface area contributed by atoms with Gasteiger partial charge in [0.1, 0.15) is 6.10 Å². The standard InChI is InChI=1S/C21H24F4O4S/c1-9(2)13-7-11(5)8-14(10(3)4)15(13)12(6)29-20-16(22)18(24)21(30(26,27)28)19(25)17(20)23/h7-10,12H,1-6H3,(H,26,27,28)/t12-/m1/s1. The van der Waals surface area contributed by atoms with Crippen molar-refractivity contribution in [3.8, 4) is 5.75 Å². The van der Waals surface area contributed by atoms with Gasteiger partial charge in [-0.15, -0.1) is 0 Å². The Morgan fingerprint density at radius 3 is 1.57 bits per heavy atom. The number of benzene rings is 2. The molecule has 0 radical (unpaired) electrons. The van der Waals surface area contributed by atoms with Gasteiger partial charge >= 0.3 is 10.1 Å². The van der Waals surface area contributed by atoms with Crippen molar-refractivity contribution in [1.82, 2.24) is 0 Å². The Bertz CT molecular complexity index is 1020. The molecule has 0 saturated carbocycles. The predicted molar refractivity (Wildman–Crippen MR) is 104 cm³/mol. The third kappa shape index (κ3) is 4.46. The number of halogens is 4. The topological polar surface area (TPSA) is 63.6 Å². The molecule has 0 heterocycles. The first kappa shape index (κ1) is 24.1. The van der Waals surface area contributed by atoms with Crippen LogP contribution in [0.15, 0.2) is 17.0 Å². The van der Waals surface area contributed by atoms with Crippen LogP contribution in [-0.4, -0.2) is 13.0 Å². The summed E-state index contributed by atoms with van der Waals surface area (Å²) in [5.74, 6) is -9.95. The smallest absolute Gasteiger partial charge is 0.300 e. The summed E-state index contributed by atoms with van der Waals surface area (Å²) < 4.78 is 93.5. The second-order valence-corrected chi connectivity index (χ2v) is 9.17. The highest BCUT2D eigenvalue weighted by atomic mass is 32.2. The number of aryl methyl sites for hydroxylation is 1. The minimum Gasteiger partial charge on any atom is -0.480 e. The summed E-state index contributed by atoms with van der Waals surface area (Å²) in [7, 11) is -5.53. The summed E-state index contributed by atoms with van der Waals surface area (Å²) in [6.45, 7) is 11.1. The van der Waals surface area contributed by atoms with E-state index in [1.54, 1.807) is 0 Å². The van der Waals surface area contributed by atoms with Gasteiger partial charge in [0.25, 0.3) is 0 Å². The molecule has 0 bridgehead atoms. The molecule has 166 valence electrons. The van der Waals surface area contributed by atoms with E-state index >= 15 is 0 Å². The van der Waals surface area contributed by atoms with Crippen LogP contribution < -0.4 is 4.74 Å². The van der Waals surface area contributed by atoms with Gasteiger partial charge in [0.05, 0.1) is 0 Å². The molecule has 2 aromatic rings. The molecular formula is C21H24F4O4S. The molecule has 0 aliphatic rings. The molecule has 1 N–H and O–H groups in total. The molecule has 0 spiro atoms. The van der Waals surface area contributed by atoms with Crippen molar-refractivity contribution in [2.45, 2.75) is 64.4 Å². The van der Waals surface area contributed by atoms with Crippen molar-refractivity contribution >= 4 is 10.1 Å². The summed E-state index contributed by atoms with van der Waals surface area (Å²) >= 11 is 0. The summed E-state index contributed by atoms with van der Waals surface area (Å²) in [5, 5.41) is 0.